The lowest BCUT2D eigenvalue weighted by molar-refractivity contribution is 0.413. The molecule has 0 spiro atoms. The molecule has 1 N–H and O–H groups in total. The Morgan fingerprint density at radius 1 is 1.35 bits per heavy atom. The fourth-order valence-corrected chi connectivity index (χ4v) is 2.62. The van der Waals surface area contributed by atoms with E-state index in [9.17, 15) is 0 Å². The second kappa shape index (κ2) is 4.92. The van der Waals surface area contributed by atoms with Crippen molar-refractivity contribution in [2.75, 3.05) is 7.11 Å². The Balaban J connectivity index is 2.37. The van der Waals surface area contributed by atoms with Crippen molar-refractivity contribution in [1.29, 1.82) is 0 Å². The molecule has 1 aromatic carbocycles. The fourth-order valence-electron chi connectivity index (χ4n) is 2.17. The zero-order chi connectivity index (χ0) is 14.3. The molecule has 0 aliphatic carbocycles. The highest BCUT2D eigenvalue weighted by Gasteiger charge is 2.12. The van der Waals surface area contributed by atoms with Crippen molar-refractivity contribution < 1.29 is 4.74 Å². The number of rotatable bonds is 2. The van der Waals surface area contributed by atoms with E-state index in [4.69, 9.17) is 28.6 Å². The average Bonchev–Trinajstić information content (AvgIpc) is 2.73. The molecule has 0 amide bonds. The third-order valence-electron chi connectivity index (χ3n) is 3.07. The summed E-state index contributed by atoms with van der Waals surface area (Å²) in [6.07, 6.45) is 1.60. The van der Waals surface area contributed by atoms with Crippen LogP contribution in [0.3, 0.4) is 0 Å². The molecule has 0 aliphatic rings. The first-order chi connectivity index (χ1) is 9.60. The van der Waals surface area contributed by atoms with Gasteiger partial charge in [0, 0.05) is 6.20 Å². The first-order valence-electron chi connectivity index (χ1n) is 6.01. The Hall–Kier alpha value is -1.85. The van der Waals surface area contributed by atoms with Gasteiger partial charge in [-0.15, -0.1) is 0 Å². The number of aromatic amines is 1. The summed E-state index contributed by atoms with van der Waals surface area (Å²) in [6, 6.07) is 7.73. The van der Waals surface area contributed by atoms with E-state index in [-0.39, 0.29) is 0 Å². The van der Waals surface area contributed by atoms with Crippen LogP contribution >= 0.6 is 23.8 Å². The fraction of sp³-hybridized carbons (Fsp3) is 0.143. The number of aryl methyl sites for hydroxylation is 1. The molecule has 2 aromatic heterocycles. The van der Waals surface area contributed by atoms with Crippen LogP contribution in [0.4, 0.5) is 0 Å². The molecule has 0 atom stereocenters. The molecule has 0 fully saturated rings. The van der Waals surface area contributed by atoms with Crippen molar-refractivity contribution in [3.63, 3.8) is 0 Å². The molecule has 0 saturated carbocycles. The summed E-state index contributed by atoms with van der Waals surface area (Å²) in [5.41, 5.74) is 3.50. The summed E-state index contributed by atoms with van der Waals surface area (Å²) in [4.78, 5) is 7.47. The number of H-pyrrole nitrogens is 1. The van der Waals surface area contributed by atoms with Crippen molar-refractivity contribution in [1.82, 2.24) is 14.5 Å². The van der Waals surface area contributed by atoms with Gasteiger partial charge in [0.2, 0.25) is 0 Å². The van der Waals surface area contributed by atoms with Gasteiger partial charge in [-0.3, -0.25) is 4.57 Å². The summed E-state index contributed by atoms with van der Waals surface area (Å²) < 4.78 is 7.83. The SMILES string of the molecule is COc1ccc(C)cc1-n1c(=S)[nH]c2cc(Cl)cnc21. The number of nitrogens with one attached hydrogen (secondary N) is 1. The smallest absolute Gasteiger partial charge is 0.184 e. The number of imidazole rings is 1. The number of halogens is 1. The normalized spacial score (nSPS) is 10.9. The van der Waals surface area contributed by atoms with Crippen LogP contribution in [0.2, 0.25) is 5.02 Å². The van der Waals surface area contributed by atoms with Gasteiger partial charge in [-0.2, -0.15) is 0 Å². The lowest BCUT2D eigenvalue weighted by Gasteiger charge is -2.10. The largest absolute Gasteiger partial charge is 0.495 e. The number of hydrogen-bond donors (Lipinski definition) is 1. The molecular formula is C14H12ClN3OS. The van der Waals surface area contributed by atoms with Gasteiger partial charge in [0.15, 0.2) is 10.4 Å². The van der Waals surface area contributed by atoms with Crippen molar-refractivity contribution in [3.05, 3.63) is 45.8 Å². The van der Waals surface area contributed by atoms with Crippen LogP contribution in [0.15, 0.2) is 30.5 Å². The maximum Gasteiger partial charge on any atom is 0.184 e. The van der Waals surface area contributed by atoms with Crippen LogP contribution in [0.1, 0.15) is 5.56 Å². The van der Waals surface area contributed by atoms with E-state index in [1.54, 1.807) is 19.4 Å². The molecule has 0 bridgehead atoms. The molecule has 6 heteroatoms. The summed E-state index contributed by atoms with van der Waals surface area (Å²) in [5, 5.41) is 0.567. The number of benzene rings is 1. The standard InChI is InChI=1S/C14H12ClN3OS/c1-8-3-4-12(19-2)11(5-8)18-13-10(17-14(18)20)6-9(15)7-16-13/h3-7H,1-2H3,(H,17,20). The van der Waals surface area contributed by atoms with Gasteiger partial charge < -0.3 is 9.72 Å². The maximum atomic E-state index is 5.96. The minimum Gasteiger partial charge on any atom is -0.495 e. The molecule has 0 saturated heterocycles. The third kappa shape index (κ3) is 2.09. The second-order valence-electron chi connectivity index (χ2n) is 4.47. The summed E-state index contributed by atoms with van der Waals surface area (Å²) >= 11 is 11.4. The average molecular weight is 306 g/mol. The lowest BCUT2D eigenvalue weighted by atomic mass is 10.2. The van der Waals surface area contributed by atoms with Crippen LogP contribution < -0.4 is 4.74 Å². The number of ether oxygens (including phenoxy) is 1. The Morgan fingerprint density at radius 2 is 2.15 bits per heavy atom. The van der Waals surface area contributed by atoms with E-state index in [0.717, 1.165) is 28.2 Å². The number of aromatic nitrogens is 3. The highest BCUT2D eigenvalue weighted by molar-refractivity contribution is 7.71. The summed E-state index contributed by atoms with van der Waals surface area (Å²) in [6.45, 7) is 2.02. The van der Waals surface area contributed by atoms with E-state index in [0.29, 0.717) is 9.79 Å². The van der Waals surface area contributed by atoms with Crippen LogP contribution in [0, 0.1) is 11.7 Å². The molecule has 0 aliphatic heterocycles. The number of pyridine rings is 1. The van der Waals surface area contributed by atoms with Gasteiger partial charge in [0.1, 0.15) is 5.75 Å². The topological polar surface area (TPSA) is 42.8 Å². The van der Waals surface area contributed by atoms with Gasteiger partial charge in [-0.25, -0.2) is 4.98 Å². The molecule has 0 radical (unpaired) electrons. The first kappa shape index (κ1) is 13.1. The van der Waals surface area contributed by atoms with E-state index >= 15 is 0 Å². The van der Waals surface area contributed by atoms with Gasteiger partial charge in [0.05, 0.1) is 23.3 Å². The van der Waals surface area contributed by atoms with E-state index in [2.05, 4.69) is 9.97 Å². The van der Waals surface area contributed by atoms with E-state index < -0.39 is 0 Å². The molecule has 0 unspecified atom stereocenters. The van der Waals surface area contributed by atoms with E-state index in [1.165, 1.54) is 0 Å². The van der Waals surface area contributed by atoms with Crippen molar-refractivity contribution in [3.8, 4) is 11.4 Å². The third-order valence-corrected chi connectivity index (χ3v) is 3.56. The molecule has 2 heterocycles. The van der Waals surface area contributed by atoms with E-state index in [1.807, 2.05) is 29.7 Å². The zero-order valence-electron chi connectivity index (χ0n) is 11.0. The summed E-state index contributed by atoms with van der Waals surface area (Å²) in [7, 11) is 1.64. The molecule has 20 heavy (non-hydrogen) atoms. The quantitative estimate of drug-likeness (QED) is 0.726. The van der Waals surface area contributed by atoms with Gasteiger partial charge in [0.25, 0.3) is 0 Å². The number of nitrogens with zero attached hydrogens (tertiary/aromatic N) is 2. The Morgan fingerprint density at radius 3 is 2.90 bits per heavy atom. The monoisotopic (exact) mass is 305 g/mol. The summed E-state index contributed by atoms with van der Waals surface area (Å²) in [5.74, 6) is 0.740. The molecule has 102 valence electrons. The minimum atomic E-state index is 0.554. The van der Waals surface area contributed by atoms with Crippen molar-refractivity contribution in [2.24, 2.45) is 0 Å². The zero-order valence-corrected chi connectivity index (χ0v) is 12.5. The van der Waals surface area contributed by atoms with Gasteiger partial charge in [-0.1, -0.05) is 17.7 Å². The van der Waals surface area contributed by atoms with Crippen LogP contribution in [-0.2, 0) is 0 Å². The second-order valence-corrected chi connectivity index (χ2v) is 5.29. The minimum absolute atomic E-state index is 0.554. The first-order valence-corrected chi connectivity index (χ1v) is 6.80. The predicted molar refractivity (Wildman–Crippen MR) is 82.6 cm³/mol. The molecule has 4 nitrogen and oxygen atoms in total. The van der Waals surface area contributed by atoms with Gasteiger partial charge >= 0.3 is 0 Å². The molecular weight excluding hydrogens is 294 g/mol. The van der Waals surface area contributed by atoms with Crippen LogP contribution in [0.25, 0.3) is 16.9 Å². The Bertz CT molecular complexity index is 853. The van der Waals surface area contributed by atoms with Crippen LogP contribution in [0.5, 0.6) is 5.75 Å². The van der Waals surface area contributed by atoms with Gasteiger partial charge in [-0.05, 0) is 42.9 Å². The van der Waals surface area contributed by atoms with Crippen molar-refractivity contribution in [2.45, 2.75) is 6.92 Å². The van der Waals surface area contributed by atoms with Crippen LogP contribution in [-0.4, -0.2) is 21.6 Å². The number of methoxy groups -OCH3 is 1. The highest BCUT2D eigenvalue weighted by Crippen LogP contribution is 2.28. The van der Waals surface area contributed by atoms with Crippen molar-refractivity contribution >= 4 is 35.0 Å². The Labute approximate surface area is 126 Å². The Kier molecular flexibility index (Phi) is 3.23. The highest BCUT2D eigenvalue weighted by atomic mass is 35.5. The maximum absolute atomic E-state index is 5.96. The molecule has 3 rings (SSSR count). The lowest BCUT2D eigenvalue weighted by Crippen LogP contribution is -1.99. The number of fused-ring (bicyclic) bond motifs is 1. The predicted octanol–water partition coefficient (Wildman–Crippen LogP) is 4.05. The molecule has 3 aromatic rings. The number of hydrogen-bond acceptors (Lipinski definition) is 3.